The number of esters is 2. The first-order chi connectivity index (χ1) is 12.3. The smallest absolute Gasteiger partial charge is 0.340 e. The number of ketones is 1. The van der Waals surface area contributed by atoms with Gasteiger partial charge in [-0.2, -0.15) is 0 Å². The van der Waals surface area contributed by atoms with Crippen molar-refractivity contribution < 1.29 is 23.9 Å². The van der Waals surface area contributed by atoms with E-state index in [0.29, 0.717) is 22.4 Å². The van der Waals surface area contributed by atoms with Gasteiger partial charge in [0.25, 0.3) is 0 Å². The van der Waals surface area contributed by atoms with Crippen molar-refractivity contribution in [3.63, 3.8) is 0 Å². The van der Waals surface area contributed by atoms with Gasteiger partial charge in [-0.05, 0) is 51.8 Å². The van der Waals surface area contributed by atoms with E-state index in [2.05, 4.69) is 4.98 Å². The van der Waals surface area contributed by atoms with Crippen LogP contribution in [0.2, 0.25) is 0 Å². The number of carbonyl (C=O) groups is 3. The van der Waals surface area contributed by atoms with Crippen LogP contribution in [0.5, 0.6) is 0 Å². The summed E-state index contributed by atoms with van der Waals surface area (Å²) in [5, 5.41) is 0. The van der Waals surface area contributed by atoms with Gasteiger partial charge < -0.3 is 14.5 Å². The first kappa shape index (κ1) is 19.4. The van der Waals surface area contributed by atoms with E-state index >= 15 is 0 Å². The summed E-state index contributed by atoms with van der Waals surface area (Å²) in [6.07, 6.45) is 0. The molecule has 6 nitrogen and oxygen atoms in total. The third-order valence-electron chi connectivity index (χ3n) is 4.13. The second-order valence-corrected chi connectivity index (χ2v) is 6.16. The largest absolute Gasteiger partial charge is 0.462 e. The quantitative estimate of drug-likeness (QED) is 0.632. The van der Waals surface area contributed by atoms with Gasteiger partial charge in [-0.3, -0.25) is 4.79 Å². The Morgan fingerprint density at radius 2 is 1.69 bits per heavy atom. The Hall–Kier alpha value is -2.89. The number of hydrogen-bond donors (Lipinski definition) is 1. The lowest BCUT2D eigenvalue weighted by atomic mass is 10.1. The maximum absolute atomic E-state index is 12.4. The number of Topliss-reactive ketones (excluding diaryl/α,β-unsaturated/α-hetero) is 1. The molecule has 0 unspecified atom stereocenters. The maximum atomic E-state index is 12.4. The zero-order valence-corrected chi connectivity index (χ0v) is 15.7. The van der Waals surface area contributed by atoms with Crippen molar-refractivity contribution in [3.05, 3.63) is 57.4 Å². The number of rotatable bonds is 6. The standard InChI is InChI=1S/C20H23NO5/c1-6-25-20(24)17-13(4)18(21-14(17)5)16(22)10-26-19(23)15-8-7-11(2)9-12(15)3/h7-9,21H,6,10H2,1-5H3. The van der Waals surface area contributed by atoms with Crippen molar-refractivity contribution in [1.82, 2.24) is 4.98 Å². The Balaban J connectivity index is 2.12. The van der Waals surface area contributed by atoms with Crippen molar-refractivity contribution in [3.8, 4) is 0 Å². The summed E-state index contributed by atoms with van der Waals surface area (Å²) in [5.74, 6) is -1.44. The first-order valence-corrected chi connectivity index (χ1v) is 8.40. The average molecular weight is 357 g/mol. The first-order valence-electron chi connectivity index (χ1n) is 8.40. The molecule has 0 amide bonds. The van der Waals surface area contributed by atoms with E-state index in [1.165, 1.54) is 0 Å². The van der Waals surface area contributed by atoms with Crippen LogP contribution < -0.4 is 0 Å². The highest BCUT2D eigenvalue weighted by molar-refractivity contribution is 6.03. The van der Waals surface area contributed by atoms with Crippen LogP contribution in [-0.2, 0) is 9.47 Å². The molecule has 138 valence electrons. The predicted molar refractivity (Wildman–Crippen MR) is 96.8 cm³/mol. The topological polar surface area (TPSA) is 85.5 Å². The lowest BCUT2D eigenvalue weighted by molar-refractivity contribution is 0.0471. The number of nitrogens with one attached hydrogen (secondary N) is 1. The lowest BCUT2D eigenvalue weighted by Crippen LogP contribution is -2.16. The minimum atomic E-state index is -0.553. The van der Waals surface area contributed by atoms with Gasteiger partial charge in [0.2, 0.25) is 5.78 Å². The van der Waals surface area contributed by atoms with Crippen molar-refractivity contribution >= 4 is 17.7 Å². The number of benzene rings is 1. The summed E-state index contributed by atoms with van der Waals surface area (Å²) in [4.78, 5) is 39.5. The minimum Gasteiger partial charge on any atom is -0.462 e. The molecule has 0 bridgehead atoms. The number of aromatic amines is 1. The van der Waals surface area contributed by atoms with Crippen molar-refractivity contribution in [1.29, 1.82) is 0 Å². The van der Waals surface area contributed by atoms with E-state index in [4.69, 9.17) is 9.47 Å². The summed E-state index contributed by atoms with van der Waals surface area (Å²) < 4.78 is 10.2. The molecule has 0 saturated carbocycles. The predicted octanol–water partition coefficient (Wildman–Crippen LogP) is 3.46. The van der Waals surface area contributed by atoms with Crippen LogP contribution in [0.1, 0.15) is 60.5 Å². The Morgan fingerprint density at radius 3 is 2.31 bits per heavy atom. The van der Waals surface area contributed by atoms with Gasteiger partial charge in [-0.1, -0.05) is 17.7 Å². The van der Waals surface area contributed by atoms with Gasteiger partial charge in [-0.25, -0.2) is 9.59 Å². The monoisotopic (exact) mass is 357 g/mol. The molecule has 2 rings (SSSR count). The number of H-pyrrole nitrogens is 1. The molecule has 0 radical (unpaired) electrons. The molecule has 2 aromatic rings. The average Bonchev–Trinajstić information content (AvgIpc) is 2.87. The maximum Gasteiger partial charge on any atom is 0.340 e. The number of aryl methyl sites for hydroxylation is 3. The fraction of sp³-hybridized carbons (Fsp3) is 0.350. The van der Waals surface area contributed by atoms with E-state index in [1.807, 2.05) is 26.0 Å². The van der Waals surface area contributed by atoms with Crippen LogP contribution in [0.15, 0.2) is 18.2 Å². The second-order valence-electron chi connectivity index (χ2n) is 6.16. The molecule has 0 atom stereocenters. The Morgan fingerprint density at radius 1 is 1.00 bits per heavy atom. The molecule has 26 heavy (non-hydrogen) atoms. The van der Waals surface area contributed by atoms with Crippen LogP contribution in [-0.4, -0.2) is 35.9 Å². The molecular formula is C20H23NO5. The van der Waals surface area contributed by atoms with Gasteiger partial charge in [-0.15, -0.1) is 0 Å². The Kier molecular flexibility index (Phi) is 5.97. The fourth-order valence-corrected chi connectivity index (χ4v) is 2.86. The number of ether oxygens (including phenoxy) is 2. The summed E-state index contributed by atoms with van der Waals surface area (Å²) in [5.41, 5.74) is 3.89. The molecule has 1 aromatic heterocycles. The Bertz CT molecular complexity index is 863. The molecule has 0 saturated heterocycles. The van der Waals surface area contributed by atoms with Gasteiger partial charge in [0.05, 0.1) is 23.4 Å². The molecular weight excluding hydrogens is 334 g/mol. The van der Waals surface area contributed by atoms with Gasteiger partial charge in [0.1, 0.15) is 0 Å². The van der Waals surface area contributed by atoms with E-state index in [-0.39, 0.29) is 12.3 Å². The molecule has 1 aromatic carbocycles. The normalized spacial score (nSPS) is 10.5. The van der Waals surface area contributed by atoms with E-state index in [1.54, 1.807) is 26.8 Å². The molecule has 1 heterocycles. The summed E-state index contributed by atoms with van der Waals surface area (Å²) in [7, 11) is 0. The third-order valence-corrected chi connectivity index (χ3v) is 4.13. The second kappa shape index (κ2) is 7.99. The summed E-state index contributed by atoms with van der Waals surface area (Å²) in [6.45, 7) is 8.66. The van der Waals surface area contributed by atoms with E-state index in [9.17, 15) is 14.4 Å². The van der Waals surface area contributed by atoms with Crippen molar-refractivity contribution in [2.24, 2.45) is 0 Å². The van der Waals surface area contributed by atoms with Crippen LogP contribution in [0.4, 0.5) is 0 Å². The van der Waals surface area contributed by atoms with Crippen molar-refractivity contribution in [2.45, 2.75) is 34.6 Å². The molecule has 0 aliphatic carbocycles. The SMILES string of the molecule is CCOC(=O)c1c(C)[nH]c(C(=O)COC(=O)c2ccc(C)cc2C)c1C. The van der Waals surface area contributed by atoms with Gasteiger partial charge in [0.15, 0.2) is 6.61 Å². The van der Waals surface area contributed by atoms with Crippen LogP contribution >= 0.6 is 0 Å². The Labute approximate surface area is 152 Å². The van der Waals surface area contributed by atoms with Gasteiger partial charge >= 0.3 is 11.9 Å². The van der Waals surface area contributed by atoms with Crippen LogP contribution in [0.3, 0.4) is 0 Å². The highest BCUT2D eigenvalue weighted by Gasteiger charge is 2.23. The van der Waals surface area contributed by atoms with Crippen molar-refractivity contribution in [2.75, 3.05) is 13.2 Å². The van der Waals surface area contributed by atoms with Gasteiger partial charge in [0, 0.05) is 5.69 Å². The highest BCUT2D eigenvalue weighted by atomic mass is 16.5. The highest BCUT2D eigenvalue weighted by Crippen LogP contribution is 2.20. The summed E-state index contributed by atoms with van der Waals surface area (Å²) in [6, 6.07) is 5.37. The number of aromatic nitrogens is 1. The number of carbonyl (C=O) groups excluding carboxylic acids is 3. The molecule has 1 N–H and O–H groups in total. The molecule has 6 heteroatoms. The zero-order chi connectivity index (χ0) is 19.4. The fourth-order valence-electron chi connectivity index (χ4n) is 2.86. The van der Waals surface area contributed by atoms with E-state index < -0.39 is 24.3 Å². The lowest BCUT2D eigenvalue weighted by Gasteiger charge is -2.07. The zero-order valence-electron chi connectivity index (χ0n) is 15.7. The van der Waals surface area contributed by atoms with Crippen LogP contribution in [0.25, 0.3) is 0 Å². The molecule has 0 fully saturated rings. The van der Waals surface area contributed by atoms with E-state index in [0.717, 1.165) is 11.1 Å². The minimum absolute atomic E-state index is 0.249. The molecule has 0 spiro atoms. The van der Waals surface area contributed by atoms with Crippen LogP contribution in [0, 0.1) is 27.7 Å². The summed E-state index contributed by atoms with van der Waals surface area (Å²) >= 11 is 0. The molecule has 0 aliphatic heterocycles. The number of hydrogen-bond acceptors (Lipinski definition) is 5. The third kappa shape index (κ3) is 4.02. The molecule has 0 aliphatic rings.